The van der Waals surface area contributed by atoms with Crippen molar-refractivity contribution in [2.75, 3.05) is 11.9 Å². The average Bonchev–Trinajstić information content (AvgIpc) is 2.78. The largest absolute Gasteiger partial charge is 0.363 e. The topological polar surface area (TPSA) is 92.5 Å². The van der Waals surface area contributed by atoms with E-state index in [1.807, 2.05) is 0 Å². The number of rotatable bonds is 5. The number of fused-ring (bicyclic) bond motifs is 1. The Balaban J connectivity index is 2.31. The van der Waals surface area contributed by atoms with Crippen LogP contribution >= 0.6 is 0 Å². The van der Waals surface area contributed by atoms with Crippen molar-refractivity contribution in [3.05, 3.63) is 12.7 Å². The maximum atomic E-state index is 5.64. The molecule has 0 aliphatic carbocycles. The summed E-state index contributed by atoms with van der Waals surface area (Å²) in [5, 5.41) is 3.43. The zero-order valence-electron chi connectivity index (χ0n) is 10.2. The van der Waals surface area contributed by atoms with Gasteiger partial charge in [-0.2, -0.15) is 0 Å². The standard InChI is InChI=1S/C11H18N6/c1-3-11(2,4-5-12)17-10-8-9(14-6-13-8)15-7-16-10/h6-7H,3-5,12H2,1-2H3,(H2,13,14,15,16,17). The number of nitrogens with zero attached hydrogens (tertiary/aromatic N) is 3. The molecule has 17 heavy (non-hydrogen) atoms. The van der Waals surface area contributed by atoms with Crippen LogP contribution in [0.4, 0.5) is 5.82 Å². The average molecular weight is 234 g/mol. The van der Waals surface area contributed by atoms with Gasteiger partial charge in [0.15, 0.2) is 11.5 Å². The number of nitrogens with one attached hydrogen (secondary N) is 2. The van der Waals surface area contributed by atoms with Crippen LogP contribution in [0.25, 0.3) is 11.2 Å². The lowest BCUT2D eigenvalue weighted by Crippen LogP contribution is -2.36. The highest BCUT2D eigenvalue weighted by Crippen LogP contribution is 2.23. The lowest BCUT2D eigenvalue weighted by atomic mass is 9.94. The van der Waals surface area contributed by atoms with Gasteiger partial charge < -0.3 is 16.0 Å². The fraction of sp³-hybridized carbons (Fsp3) is 0.545. The van der Waals surface area contributed by atoms with Crippen LogP contribution in [0, 0.1) is 0 Å². The maximum absolute atomic E-state index is 5.64. The van der Waals surface area contributed by atoms with Crippen LogP contribution in [0.15, 0.2) is 12.7 Å². The van der Waals surface area contributed by atoms with Crippen molar-refractivity contribution in [3.63, 3.8) is 0 Å². The molecule has 1 unspecified atom stereocenters. The third-order valence-electron chi connectivity index (χ3n) is 3.12. The predicted molar refractivity (Wildman–Crippen MR) is 67.7 cm³/mol. The lowest BCUT2D eigenvalue weighted by Gasteiger charge is -2.29. The van der Waals surface area contributed by atoms with Gasteiger partial charge in [-0.3, -0.25) is 0 Å². The van der Waals surface area contributed by atoms with E-state index < -0.39 is 0 Å². The monoisotopic (exact) mass is 234 g/mol. The molecule has 0 saturated carbocycles. The smallest absolute Gasteiger partial charge is 0.182 e. The first-order chi connectivity index (χ1) is 8.18. The molecule has 2 aromatic heterocycles. The third kappa shape index (κ3) is 2.36. The second-order valence-electron chi connectivity index (χ2n) is 4.40. The SMILES string of the molecule is CCC(C)(CCN)Nc1ncnc2nc[nH]c12. The van der Waals surface area contributed by atoms with Gasteiger partial charge in [0.25, 0.3) is 0 Å². The Hall–Kier alpha value is -1.69. The minimum absolute atomic E-state index is 0.0544. The van der Waals surface area contributed by atoms with Gasteiger partial charge in [-0.1, -0.05) is 6.92 Å². The van der Waals surface area contributed by atoms with Crippen molar-refractivity contribution in [3.8, 4) is 0 Å². The van der Waals surface area contributed by atoms with Gasteiger partial charge in [-0.05, 0) is 26.3 Å². The van der Waals surface area contributed by atoms with Gasteiger partial charge in [0.2, 0.25) is 0 Å². The molecule has 0 fully saturated rings. The van der Waals surface area contributed by atoms with E-state index in [1.165, 1.54) is 6.33 Å². The summed E-state index contributed by atoms with van der Waals surface area (Å²) in [6, 6.07) is 0. The van der Waals surface area contributed by atoms with Crippen molar-refractivity contribution < 1.29 is 0 Å². The van der Waals surface area contributed by atoms with Gasteiger partial charge in [-0.15, -0.1) is 0 Å². The van der Waals surface area contributed by atoms with E-state index in [1.54, 1.807) is 6.33 Å². The van der Waals surface area contributed by atoms with E-state index in [-0.39, 0.29) is 5.54 Å². The van der Waals surface area contributed by atoms with Crippen molar-refractivity contribution >= 4 is 17.0 Å². The molecule has 0 bridgehead atoms. The molecule has 2 heterocycles. The molecule has 0 radical (unpaired) electrons. The second kappa shape index (κ2) is 4.67. The van der Waals surface area contributed by atoms with Crippen molar-refractivity contribution in [1.29, 1.82) is 0 Å². The minimum Gasteiger partial charge on any atom is -0.363 e. The molecular weight excluding hydrogens is 216 g/mol. The highest BCUT2D eigenvalue weighted by molar-refractivity contribution is 5.82. The Kier molecular flexibility index (Phi) is 3.23. The molecule has 6 heteroatoms. The minimum atomic E-state index is -0.0544. The summed E-state index contributed by atoms with van der Waals surface area (Å²) < 4.78 is 0. The Morgan fingerprint density at radius 2 is 2.24 bits per heavy atom. The van der Waals surface area contributed by atoms with Crippen LogP contribution in [-0.4, -0.2) is 32.0 Å². The molecule has 0 spiro atoms. The molecule has 4 N–H and O–H groups in total. The Bertz CT molecular complexity index is 493. The molecule has 6 nitrogen and oxygen atoms in total. The van der Waals surface area contributed by atoms with Crippen LogP contribution < -0.4 is 11.1 Å². The number of H-pyrrole nitrogens is 1. The first-order valence-corrected chi connectivity index (χ1v) is 5.81. The number of aromatic nitrogens is 4. The summed E-state index contributed by atoms with van der Waals surface area (Å²) in [4.78, 5) is 15.5. The molecule has 1 atom stereocenters. The first kappa shape index (κ1) is 11.8. The Morgan fingerprint density at radius 1 is 1.41 bits per heavy atom. The van der Waals surface area contributed by atoms with Crippen LogP contribution in [0.3, 0.4) is 0 Å². The zero-order valence-corrected chi connectivity index (χ0v) is 10.2. The number of aromatic amines is 1. The highest BCUT2D eigenvalue weighted by atomic mass is 15.1. The lowest BCUT2D eigenvalue weighted by molar-refractivity contribution is 0.462. The highest BCUT2D eigenvalue weighted by Gasteiger charge is 2.22. The van der Waals surface area contributed by atoms with Crippen LogP contribution in [-0.2, 0) is 0 Å². The van der Waals surface area contributed by atoms with Crippen LogP contribution in [0.5, 0.6) is 0 Å². The Labute approximate surface area is 100 Å². The molecule has 0 aromatic carbocycles. The van der Waals surface area contributed by atoms with Gasteiger partial charge >= 0.3 is 0 Å². The fourth-order valence-electron chi connectivity index (χ4n) is 1.79. The summed E-state index contributed by atoms with van der Waals surface area (Å²) in [7, 11) is 0. The third-order valence-corrected chi connectivity index (χ3v) is 3.12. The number of imidazole rings is 1. The van der Waals surface area contributed by atoms with Crippen LogP contribution in [0.1, 0.15) is 26.7 Å². The summed E-state index contributed by atoms with van der Waals surface area (Å²) >= 11 is 0. The molecule has 92 valence electrons. The van der Waals surface area contributed by atoms with E-state index in [0.29, 0.717) is 12.2 Å². The van der Waals surface area contributed by atoms with Gasteiger partial charge in [0, 0.05) is 5.54 Å². The van der Waals surface area contributed by atoms with Gasteiger partial charge in [0.1, 0.15) is 11.8 Å². The number of hydrogen-bond acceptors (Lipinski definition) is 5. The van der Waals surface area contributed by atoms with E-state index in [2.05, 4.69) is 39.1 Å². The van der Waals surface area contributed by atoms with Gasteiger partial charge in [-0.25, -0.2) is 15.0 Å². The fourth-order valence-corrected chi connectivity index (χ4v) is 1.79. The zero-order chi connectivity index (χ0) is 12.3. The summed E-state index contributed by atoms with van der Waals surface area (Å²) in [5.41, 5.74) is 7.10. The van der Waals surface area contributed by atoms with E-state index >= 15 is 0 Å². The molecule has 0 saturated heterocycles. The first-order valence-electron chi connectivity index (χ1n) is 5.81. The van der Waals surface area contributed by atoms with Crippen LogP contribution in [0.2, 0.25) is 0 Å². The number of anilines is 1. The van der Waals surface area contributed by atoms with E-state index in [4.69, 9.17) is 5.73 Å². The predicted octanol–water partition coefficient (Wildman–Crippen LogP) is 1.28. The molecule has 0 aliphatic heterocycles. The summed E-state index contributed by atoms with van der Waals surface area (Å²) in [5.74, 6) is 0.783. The number of hydrogen-bond donors (Lipinski definition) is 3. The van der Waals surface area contributed by atoms with E-state index in [9.17, 15) is 0 Å². The van der Waals surface area contributed by atoms with Gasteiger partial charge in [0.05, 0.1) is 6.33 Å². The molecule has 2 aromatic rings. The van der Waals surface area contributed by atoms with Crippen molar-refractivity contribution in [2.24, 2.45) is 5.73 Å². The van der Waals surface area contributed by atoms with E-state index in [0.717, 1.165) is 24.2 Å². The Morgan fingerprint density at radius 3 is 2.94 bits per heavy atom. The van der Waals surface area contributed by atoms with Crippen molar-refractivity contribution in [1.82, 2.24) is 19.9 Å². The van der Waals surface area contributed by atoms with Crippen molar-refractivity contribution in [2.45, 2.75) is 32.2 Å². The summed E-state index contributed by atoms with van der Waals surface area (Å²) in [6.07, 6.45) is 5.01. The molecular formula is C11H18N6. The molecule has 2 rings (SSSR count). The second-order valence-corrected chi connectivity index (χ2v) is 4.40. The molecule has 0 aliphatic rings. The quantitative estimate of drug-likeness (QED) is 0.724. The summed E-state index contributed by atoms with van der Waals surface area (Å²) in [6.45, 7) is 4.92. The molecule has 0 amide bonds. The maximum Gasteiger partial charge on any atom is 0.182 e. The number of nitrogens with two attached hydrogens (primary N) is 1. The normalized spacial score (nSPS) is 14.8.